The molecule has 1 unspecified atom stereocenters. The highest BCUT2D eigenvalue weighted by molar-refractivity contribution is 5.97. The number of hydrogen-bond donors (Lipinski definition) is 2. The maximum Gasteiger partial charge on any atom is 0.340 e. The average Bonchev–Trinajstić information content (AvgIpc) is 2.91. The normalized spacial score (nSPS) is 18.3. The molecule has 2 rings (SSSR count). The number of hydrogen-bond acceptors (Lipinski definition) is 6. The van der Waals surface area contributed by atoms with Crippen LogP contribution in [-0.2, 0) is 9.47 Å². The molecule has 2 heterocycles. The number of pyridine rings is 1. The molecule has 0 aromatic carbocycles. The number of nitrogens with two attached hydrogens (primary N) is 1. The third-order valence-electron chi connectivity index (χ3n) is 3.01. The third-order valence-corrected chi connectivity index (χ3v) is 3.01. The predicted molar refractivity (Wildman–Crippen MR) is 72.1 cm³/mol. The van der Waals surface area contributed by atoms with Crippen molar-refractivity contribution in [1.82, 2.24) is 4.98 Å². The lowest BCUT2D eigenvalue weighted by Crippen LogP contribution is -2.20. The van der Waals surface area contributed by atoms with E-state index >= 15 is 0 Å². The Bertz CT molecular complexity index is 445. The second kappa shape index (κ2) is 6.38. The lowest BCUT2D eigenvalue weighted by molar-refractivity contribution is 0.0527. The van der Waals surface area contributed by atoms with E-state index in [0.717, 1.165) is 19.4 Å². The molecule has 0 spiro atoms. The van der Waals surface area contributed by atoms with Crippen molar-refractivity contribution in [3.05, 3.63) is 17.8 Å². The van der Waals surface area contributed by atoms with Crippen LogP contribution in [0.1, 0.15) is 30.1 Å². The molecular weight excluding hydrogens is 246 g/mol. The highest BCUT2D eigenvalue weighted by atomic mass is 16.5. The monoisotopic (exact) mass is 265 g/mol. The Kier molecular flexibility index (Phi) is 4.57. The van der Waals surface area contributed by atoms with Crippen LogP contribution in [0.3, 0.4) is 0 Å². The van der Waals surface area contributed by atoms with Gasteiger partial charge in [-0.05, 0) is 25.8 Å². The maximum atomic E-state index is 11.7. The predicted octanol–water partition coefficient (Wildman–Crippen LogP) is 1.43. The Hall–Kier alpha value is -1.82. The fraction of sp³-hybridized carbons (Fsp3) is 0.538. The van der Waals surface area contributed by atoms with Gasteiger partial charge in [0, 0.05) is 19.3 Å². The number of ether oxygens (including phenoxy) is 2. The highest BCUT2D eigenvalue weighted by Crippen LogP contribution is 2.21. The average molecular weight is 265 g/mol. The fourth-order valence-electron chi connectivity index (χ4n) is 2.02. The minimum absolute atomic E-state index is 0.187. The second-order valence-electron chi connectivity index (χ2n) is 4.36. The number of rotatable bonds is 5. The summed E-state index contributed by atoms with van der Waals surface area (Å²) in [7, 11) is 0. The summed E-state index contributed by atoms with van der Waals surface area (Å²) in [6, 6.07) is 1.56. The van der Waals surface area contributed by atoms with Gasteiger partial charge < -0.3 is 20.5 Å². The van der Waals surface area contributed by atoms with Crippen LogP contribution in [0.25, 0.3) is 0 Å². The maximum absolute atomic E-state index is 11.7. The molecule has 3 N–H and O–H groups in total. The van der Waals surface area contributed by atoms with Crippen molar-refractivity contribution in [3.63, 3.8) is 0 Å². The summed E-state index contributed by atoms with van der Waals surface area (Å²) < 4.78 is 10.5. The van der Waals surface area contributed by atoms with Gasteiger partial charge in [0.1, 0.15) is 5.82 Å². The van der Waals surface area contributed by atoms with Crippen molar-refractivity contribution in [2.75, 3.05) is 30.8 Å². The largest absolute Gasteiger partial charge is 0.462 e. The van der Waals surface area contributed by atoms with Gasteiger partial charge in [0.05, 0.1) is 24.0 Å². The van der Waals surface area contributed by atoms with Crippen LogP contribution in [-0.4, -0.2) is 36.8 Å². The topological polar surface area (TPSA) is 86.5 Å². The van der Waals surface area contributed by atoms with Crippen LogP contribution in [0.2, 0.25) is 0 Å². The number of carbonyl (C=O) groups excluding carboxylic acids is 1. The van der Waals surface area contributed by atoms with Gasteiger partial charge in [0.25, 0.3) is 0 Å². The van der Waals surface area contributed by atoms with Gasteiger partial charge in [0.2, 0.25) is 0 Å². The quantitative estimate of drug-likeness (QED) is 0.783. The molecule has 6 nitrogen and oxygen atoms in total. The summed E-state index contributed by atoms with van der Waals surface area (Å²) >= 11 is 0. The standard InChI is InChI=1S/C13H19N3O3/c1-2-18-13(17)10-5-6-15-12(11(10)14)16-8-9-4-3-7-19-9/h5-6,9H,2-4,7-8,14H2,1H3,(H,15,16). The summed E-state index contributed by atoms with van der Waals surface area (Å²) in [6.07, 6.45) is 3.84. The summed E-state index contributed by atoms with van der Waals surface area (Å²) in [5.74, 6) is 0.0728. The number of esters is 1. The molecule has 1 aromatic rings. The van der Waals surface area contributed by atoms with Gasteiger partial charge in [-0.25, -0.2) is 9.78 Å². The van der Waals surface area contributed by atoms with E-state index in [0.29, 0.717) is 30.2 Å². The van der Waals surface area contributed by atoms with E-state index in [1.54, 1.807) is 19.2 Å². The van der Waals surface area contributed by atoms with E-state index in [1.807, 2.05) is 0 Å². The zero-order chi connectivity index (χ0) is 13.7. The zero-order valence-corrected chi connectivity index (χ0v) is 11.0. The number of nitrogen functional groups attached to an aromatic ring is 1. The molecule has 19 heavy (non-hydrogen) atoms. The molecule has 0 aliphatic carbocycles. The molecule has 1 aliphatic heterocycles. The Morgan fingerprint density at radius 1 is 1.68 bits per heavy atom. The molecule has 1 aromatic heterocycles. The molecule has 0 bridgehead atoms. The van der Waals surface area contributed by atoms with Crippen LogP contribution >= 0.6 is 0 Å². The summed E-state index contributed by atoms with van der Waals surface area (Å²) in [6.45, 7) is 3.52. The highest BCUT2D eigenvalue weighted by Gasteiger charge is 2.18. The Morgan fingerprint density at radius 2 is 2.53 bits per heavy atom. The first-order valence-corrected chi connectivity index (χ1v) is 6.49. The minimum atomic E-state index is -0.428. The van der Waals surface area contributed by atoms with E-state index in [2.05, 4.69) is 10.3 Å². The van der Waals surface area contributed by atoms with Gasteiger partial charge in [-0.3, -0.25) is 0 Å². The van der Waals surface area contributed by atoms with E-state index in [9.17, 15) is 4.79 Å². The summed E-state index contributed by atoms with van der Waals surface area (Å²) in [4.78, 5) is 15.8. The van der Waals surface area contributed by atoms with Gasteiger partial charge >= 0.3 is 5.97 Å². The number of carbonyl (C=O) groups is 1. The third kappa shape index (κ3) is 3.35. The molecule has 104 valence electrons. The molecule has 1 aliphatic rings. The van der Waals surface area contributed by atoms with Crippen molar-refractivity contribution in [3.8, 4) is 0 Å². The minimum Gasteiger partial charge on any atom is -0.462 e. The molecular formula is C13H19N3O3. The van der Waals surface area contributed by atoms with E-state index < -0.39 is 5.97 Å². The van der Waals surface area contributed by atoms with Gasteiger partial charge in [-0.1, -0.05) is 0 Å². The van der Waals surface area contributed by atoms with Crippen molar-refractivity contribution in [1.29, 1.82) is 0 Å². The van der Waals surface area contributed by atoms with Crippen LogP contribution in [0.4, 0.5) is 11.5 Å². The van der Waals surface area contributed by atoms with Crippen molar-refractivity contribution >= 4 is 17.5 Å². The van der Waals surface area contributed by atoms with Gasteiger partial charge in [0.15, 0.2) is 0 Å². The number of nitrogens with one attached hydrogen (secondary N) is 1. The summed E-state index contributed by atoms with van der Waals surface area (Å²) in [5, 5.41) is 3.12. The van der Waals surface area contributed by atoms with Crippen molar-refractivity contribution in [2.45, 2.75) is 25.9 Å². The number of aromatic nitrogens is 1. The molecule has 1 atom stereocenters. The SMILES string of the molecule is CCOC(=O)c1ccnc(NCC2CCCO2)c1N. The molecule has 1 saturated heterocycles. The number of anilines is 2. The lowest BCUT2D eigenvalue weighted by Gasteiger charge is -2.14. The molecule has 6 heteroatoms. The first-order valence-electron chi connectivity index (χ1n) is 6.49. The van der Waals surface area contributed by atoms with E-state index in [-0.39, 0.29) is 6.10 Å². The molecule has 0 radical (unpaired) electrons. The van der Waals surface area contributed by atoms with Crippen LogP contribution in [0.5, 0.6) is 0 Å². The molecule has 0 amide bonds. The second-order valence-corrected chi connectivity index (χ2v) is 4.36. The molecule has 0 saturated carbocycles. The zero-order valence-electron chi connectivity index (χ0n) is 11.0. The Balaban J connectivity index is 2.03. The Morgan fingerprint density at radius 3 is 3.21 bits per heavy atom. The fourth-order valence-corrected chi connectivity index (χ4v) is 2.02. The van der Waals surface area contributed by atoms with Gasteiger partial charge in [-0.2, -0.15) is 0 Å². The van der Waals surface area contributed by atoms with Crippen LogP contribution in [0.15, 0.2) is 12.3 Å². The van der Waals surface area contributed by atoms with Crippen molar-refractivity contribution < 1.29 is 14.3 Å². The van der Waals surface area contributed by atoms with Crippen molar-refractivity contribution in [2.24, 2.45) is 0 Å². The van der Waals surface area contributed by atoms with E-state index in [4.69, 9.17) is 15.2 Å². The number of nitrogens with zero attached hydrogens (tertiary/aromatic N) is 1. The Labute approximate surface area is 112 Å². The van der Waals surface area contributed by atoms with Crippen LogP contribution < -0.4 is 11.1 Å². The van der Waals surface area contributed by atoms with Gasteiger partial charge in [-0.15, -0.1) is 0 Å². The van der Waals surface area contributed by atoms with Crippen LogP contribution in [0, 0.1) is 0 Å². The first kappa shape index (κ1) is 13.6. The summed E-state index contributed by atoms with van der Waals surface area (Å²) in [5.41, 5.74) is 6.59. The lowest BCUT2D eigenvalue weighted by atomic mass is 10.2. The van der Waals surface area contributed by atoms with E-state index in [1.165, 1.54) is 0 Å². The molecule has 1 fully saturated rings. The first-order chi connectivity index (χ1) is 9.22. The smallest absolute Gasteiger partial charge is 0.340 e.